The van der Waals surface area contributed by atoms with Gasteiger partial charge in [0, 0.05) is 73.3 Å². The third kappa shape index (κ3) is 7.16. The Morgan fingerprint density at radius 3 is 2.36 bits per heavy atom. The van der Waals surface area contributed by atoms with E-state index in [0.717, 1.165) is 42.2 Å². The highest BCUT2D eigenvalue weighted by atomic mass is 35.5. The standard InChI is InChI=1S/C41H42ClN11O5/c1-40(2)38(41(3,4)39(40)58-29-11-7-25(21-43)31(42)20-29)45-35(55)24-5-8-27(9-6-24)51-17-15-50(16-18-51)22-26-23-52(48-46-26)28-10-12-32-30(19-28)37(57)53(49-47-32)33-13-14-34(54)44-36(33)56/h5-12,19-20,23,33,38-39H,13-18,22H2,1-4H3,(H,45,55)(H,44,54,56)/t33?,38-,39-. The number of piperidine rings is 1. The minimum Gasteiger partial charge on any atom is -0.489 e. The number of anilines is 1. The summed E-state index contributed by atoms with van der Waals surface area (Å²) in [5.41, 5.74) is 2.55. The van der Waals surface area contributed by atoms with E-state index in [1.165, 1.54) is 0 Å². The lowest BCUT2D eigenvalue weighted by molar-refractivity contribution is -0.164. The summed E-state index contributed by atoms with van der Waals surface area (Å²) >= 11 is 6.24. The number of amides is 3. The van der Waals surface area contributed by atoms with Crippen molar-refractivity contribution in [3.8, 4) is 17.5 Å². The smallest absolute Gasteiger partial charge is 0.278 e. The van der Waals surface area contributed by atoms with Gasteiger partial charge in [0.1, 0.15) is 29.5 Å². The van der Waals surface area contributed by atoms with Crippen LogP contribution < -0.4 is 25.8 Å². The topological polar surface area (TPSA) is 193 Å². The number of fused-ring (bicyclic) bond motifs is 1. The monoisotopic (exact) mass is 803 g/mol. The zero-order chi connectivity index (χ0) is 40.9. The number of aromatic nitrogens is 6. The fraction of sp³-hybridized carbons (Fsp3) is 0.390. The van der Waals surface area contributed by atoms with Gasteiger partial charge in [0.05, 0.1) is 33.6 Å². The molecule has 2 saturated heterocycles. The van der Waals surface area contributed by atoms with E-state index in [1.54, 1.807) is 41.1 Å². The summed E-state index contributed by atoms with van der Waals surface area (Å²) in [5.74, 6) is -0.505. The van der Waals surface area contributed by atoms with E-state index >= 15 is 0 Å². The molecule has 0 radical (unpaired) electrons. The summed E-state index contributed by atoms with van der Waals surface area (Å²) in [7, 11) is 0. The zero-order valence-corrected chi connectivity index (χ0v) is 33.2. The van der Waals surface area contributed by atoms with E-state index in [1.807, 2.05) is 30.5 Å². The zero-order valence-electron chi connectivity index (χ0n) is 32.5. The molecular formula is C41H42ClN11O5. The molecule has 1 atom stereocenters. The number of imide groups is 1. The molecule has 3 amide bonds. The van der Waals surface area contributed by atoms with Gasteiger partial charge in [-0.2, -0.15) is 9.94 Å². The van der Waals surface area contributed by atoms with Gasteiger partial charge in [-0.1, -0.05) is 49.7 Å². The highest BCUT2D eigenvalue weighted by Crippen LogP contribution is 2.55. The Labute approximate surface area is 338 Å². The number of ether oxygens (including phenoxy) is 1. The van der Waals surface area contributed by atoms with Crippen LogP contribution in [0, 0.1) is 22.2 Å². The highest BCUT2D eigenvalue weighted by molar-refractivity contribution is 6.31. The highest BCUT2D eigenvalue weighted by Gasteiger charge is 2.64. The van der Waals surface area contributed by atoms with Crippen molar-refractivity contribution in [1.29, 1.82) is 5.26 Å². The number of nitriles is 1. The number of benzene rings is 3. The molecule has 2 N–H and O–H groups in total. The minimum absolute atomic E-state index is 0.116. The Bertz CT molecular complexity index is 2520. The van der Waals surface area contributed by atoms with Crippen molar-refractivity contribution in [2.75, 3.05) is 31.1 Å². The van der Waals surface area contributed by atoms with Gasteiger partial charge in [-0.3, -0.25) is 29.4 Å². The quantitative estimate of drug-likeness (QED) is 0.205. The van der Waals surface area contributed by atoms with E-state index in [-0.39, 0.29) is 53.0 Å². The normalized spacial score (nSPS) is 21.5. The summed E-state index contributed by atoms with van der Waals surface area (Å²) < 4.78 is 9.01. The fourth-order valence-corrected chi connectivity index (χ4v) is 9.04. The first kappa shape index (κ1) is 38.7. The van der Waals surface area contributed by atoms with Crippen LogP contribution in [-0.2, 0) is 16.1 Å². The number of hydrogen-bond donors (Lipinski definition) is 2. The third-order valence-electron chi connectivity index (χ3n) is 11.7. The van der Waals surface area contributed by atoms with Crippen LogP contribution in [0.15, 0.2) is 71.7 Å². The molecule has 2 aliphatic heterocycles. The molecule has 3 aromatic carbocycles. The molecule has 5 aromatic rings. The van der Waals surface area contributed by atoms with Crippen molar-refractivity contribution >= 4 is 45.9 Å². The van der Waals surface area contributed by atoms with Crippen molar-refractivity contribution in [2.45, 2.75) is 65.3 Å². The Morgan fingerprint density at radius 1 is 0.948 bits per heavy atom. The number of nitrogens with zero attached hydrogens (tertiary/aromatic N) is 9. The van der Waals surface area contributed by atoms with Gasteiger partial charge in [0.15, 0.2) is 0 Å². The van der Waals surface area contributed by atoms with Gasteiger partial charge in [0.25, 0.3) is 17.4 Å². The second-order valence-electron chi connectivity index (χ2n) is 16.3. The first-order valence-electron chi connectivity index (χ1n) is 19.1. The third-order valence-corrected chi connectivity index (χ3v) is 12.0. The maximum atomic E-state index is 13.5. The summed E-state index contributed by atoms with van der Waals surface area (Å²) in [6.07, 6.45) is 1.92. The van der Waals surface area contributed by atoms with Crippen LogP contribution in [0.25, 0.3) is 16.6 Å². The molecule has 3 fully saturated rings. The van der Waals surface area contributed by atoms with Crippen molar-refractivity contribution < 1.29 is 19.1 Å². The van der Waals surface area contributed by atoms with Crippen LogP contribution in [-0.4, -0.2) is 90.9 Å². The van der Waals surface area contributed by atoms with Crippen LogP contribution in [0.1, 0.15) is 68.2 Å². The van der Waals surface area contributed by atoms with E-state index in [0.29, 0.717) is 39.6 Å². The Balaban J connectivity index is 0.849. The number of hydrogen-bond acceptors (Lipinski definition) is 12. The molecule has 2 aromatic heterocycles. The van der Waals surface area contributed by atoms with E-state index in [9.17, 15) is 24.4 Å². The van der Waals surface area contributed by atoms with E-state index in [4.69, 9.17) is 16.3 Å². The Hall–Kier alpha value is -6.18. The second-order valence-corrected chi connectivity index (χ2v) is 16.7. The molecule has 0 bridgehead atoms. The van der Waals surface area contributed by atoms with Crippen LogP contribution in [0.3, 0.4) is 0 Å². The first-order chi connectivity index (χ1) is 27.7. The SMILES string of the molecule is CC1(C)[C@H](NC(=O)c2ccc(N3CCN(Cc4cn(-c5ccc6nnn(C7CCC(=O)NC7=O)c(=O)c6c5)nn4)CC3)cc2)C(C)(C)[C@H]1Oc1ccc(C#N)c(Cl)c1. The first-order valence-corrected chi connectivity index (χ1v) is 19.5. The van der Waals surface area contributed by atoms with Gasteiger partial charge in [-0.05, 0) is 61.0 Å². The largest absolute Gasteiger partial charge is 0.489 e. The number of carbonyl (C=O) groups excluding carboxylic acids is 3. The molecule has 3 aliphatic rings. The summed E-state index contributed by atoms with van der Waals surface area (Å²) in [4.78, 5) is 55.4. The molecular weight excluding hydrogens is 762 g/mol. The van der Waals surface area contributed by atoms with Crippen molar-refractivity contribution in [3.63, 3.8) is 0 Å². The van der Waals surface area contributed by atoms with Crippen LogP contribution >= 0.6 is 11.6 Å². The molecule has 58 heavy (non-hydrogen) atoms. The fourth-order valence-electron chi connectivity index (χ4n) is 8.83. The van der Waals surface area contributed by atoms with Crippen molar-refractivity contribution in [2.24, 2.45) is 10.8 Å². The maximum absolute atomic E-state index is 13.5. The lowest BCUT2D eigenvalue weighted by Crippen LogP contribution is -2.74. The molecule has 1 saturated carbocycles. The predicted molar refractivity (Wildman–Crippen MR) is 213 cm³/mol. The number of nitrogens with one attached hydrogen (secondary N) is 2. The molecule has 17 heteroatoms. The molecule has 0 spiro atoms. The van der Waals surface area contributed by atoms with Gasteiger partial charge >= 0.3 is 0 Å². The summed E-state index contributed by atoms with van der Waals surface area (Å²) in [6.45, 7) is 12.1. The van der Waals surface area contributed by atoms with Crippen molar-refractivity contribution in [3.05, 3.63) is 99.1 Å². The molecule has 16 nitrogen and oxygen atoms in total. The van der Waals surface area contributed by atoms with Gasteiger partial charge < -0.3 is 15.0 Å². The number of piperazine rings is 1. The minimum atomic E-state index is -0.909. The molecule has 1 aliphatic carbocycles. The average molecular weight is 804 g/mol. The van der Waals surface area contributed by atoms with Crippen LogP contribution in [0.4, 0.5) is 5.69 Å². The summed E-state index contributed by atoms with van der Waals surface area (Å²) in [6, 6.07) is 18.9. The molecule has 298 valence electrons. The molecule has 8 rings (SSSR count). The maximum Gasteiger partial charge on any atom is 0.278 e. The number of carbonyl (C=O) groups is 3. The number of rotatable bonds is 9. The van der Waals surface area contributed by atoms with Crippen LogP contribution in [0.2, 0.25) is 5.02 Å². The summed E-state index contributed by atoms with van der Waals surface area (Å²) in [5, 5.41) is 32.1. The van der Waals surface area contributed by atoms with E-state index in [2.05, 4.69) is 74.8 Å². The second kappa shape index (κ2) is 15.0. The average Bonchev–Trinajstić information content (AvgIpc) is 3.68. The Morgan fingerprint density at radius 2 is 1.67 bits per heavy atom. The molecule has 4 heterocycles. The number of halogens is 1. The van der Waals surface area contributed by atoms with Crippen LogP contribution in [0.5, 0.6) is 5.75 Å². The van der Waals surface area contributed by atoms with Gasteiger partial charge in [-0.15, -0.1) is 10.2 Å². The van der Waals surface area contributed by atoms with Gasteiger partial charge in [0.2, 0.25) is 5.91 Å². The lowest BCUT2D eigenvalue weighted by Gasteiger charge is -2.63. The van der Waals surface area contributed by atoms with Crippen molar-refractivity contribution in [1.82, 2.24) is 45.5 Å². The van der Waals surface area contributed by atoms with Gasteiger partial charge in [-0.25, -0.2) is 4.68 Å². The lowest BCUT2D eigenvalue weighted by atomic mass is 9.49. The Kier molecular flexibility index (Phi) is 9.98. The molecule has 1 unspecified atom stereocenters. The van der Waals surface area contributed by atoms with E-state index < -0.39 is 17.5 Å². The predicted octanol–water partition coefficient (Wildman–Crippen LogP) is 3.81.